The first-order valence-electron chi connectivity index (χ1n) is 7.77. The monoisotopic (exact) mass is 305 g/mol. The van der Waals surface area contributed by atoms with Crippen LogP contribution in [0, 0.1) is 0 Å². The van der Waals surface area contributed by atoms with Crippen molar-refractivity contribution in [2.45, 2.75) is 19.3 Å². The number of carbonyl (C=O) groups is 1. The molecule has 22 heavy (non-hydrogen) atoms. The summed E-state index contributed by atoms with van der Waals surface area (Å²) in [6.45, 7) is 3.32. The van der Waals surface area contributed by atoms with Crippen molar-refractivity contribution >= 4 is 12.0 Å². The number of carbonyl (C=O) groups excluding carboxylic acids is 1. The van der Waals surface area contributed by atoms with E-state index in [4.69, 9.17) is 10.5 Å². The highest BCUT2D eigenvalue weighted by Crippen LogP contribution is 2.12. The first-order chi connectivity index (χ1) is 10.8. The molecule has 0 atom stereocenters. The normalized spacial score (nSPS) is 10.8. The Bertz CT molecular complexity index is 444. The molecule has 0 radical (unpaired) electrons. The van der Waals surface area contributed by atoms with Crippen LogP contribution in [-0.4, -0.2) is 39.2 Å². The van der Waals surface area contributed by atoms with Gasteiger partial charge in [0.2, 0.25) is 5.91 Å². The Morgan fingerprint density at radius 3 is 2.55 bits per heavy atom. The second-order valence-corrected chi connectivity index (χ2v) is 5.00. The van der Waals surface area contributed by atoms with E-state index in [9.17, 15) is 4.79 Å². The summed E-state index contributed by atoms with van der Waals surface area (Å²) >= 11 is 0. The number of nitrogens with two attached hydrogens (primary N) is 1. The number of benzene rings is 1. The van der Waals surface area contributed by atoms with Gasteiger partial charge in [0, 0.05) is 12.6 Å². The summed E-state index contributed by atoms with van der Waals surface area (Å²) in [7, 11) is 1.63. The lowest BCUT2D eigenvalue weighted by atomic mass is 10.2. The first-order valence-corrected chi connectivity index (χ1v) is 7.77. The van der Waals surface area contributed by atoms with E-state index >= 15 is 0 Å². The molecule has 1 amide bonds. The number of ether oxygens (including phenoxy) is 1. The zero-order chi connectivity index (χ0) is 16.0. The molecule has 1 aromatic carbocycles. The molecule has 0 unspecified atom stereocenters. The maximum absolute atomic E-state index is 11.7. The average Bonchev–Trinajstić information content (AvgIpc) is 2.56. The van der Waals surface area contributed by atoms with Gasteiger partial charge in [-0.2, -0.15) is 0 Å². The lowest BCUT2D eigenvalue weighted by molar-refractivity contribution is -0.116. The second-order valence-electron chi connectivity index (χ2n) is 5.00. The summed E-state index contributed by atoms with van der Waals surface area (Å²) < 4.78 is 5.09. The summed E-state index contributed by atoms with van der Waals surface area (Å²) in [5.74, 6) is 0.736. The molecule has 1 aromatic rings. The van der Waals surface area contributed by atoms with Crippen LogP contribution in [0.5, 0.6) is 5.75 Å². The minimum atomic E-state index is -0.0704. The number of nitrogens with one attached hydrogen (secondary N) is 2. The lowest BCUT2D eigenvalue weighted by Crippen LogP contribution is -2.26. The van der Waals surface area contributed by atoms with E-state index in [1.54, 1.807) is 19.3 Å². The van der Waals surface area contributed by atoms with E-state index in [1.165, 1.54) is 0 Å². The molecule has 4 N–H and O–H groups in total. The number of hydrogen-bond donors (Lipinski definition) is 3. The van der Waals surface area contributed by atoms with E-state index in [1.807, 2.05) is 24.3 Å². The van der Waals surface area contributed by atoms with Gasteiger partial charge in [-0.05, 0) is 62.7 Å². The fourth-order valence-corrected chi connectivity index (χ4v) is 1.89. The van der Waals surface area contributed by atoms with Gasteiger partial charge < -0.3 is 21.1 Å². The van der Waals surface area contributed by atoms with Crippen molar-refractivity contribution in [1.29, 1.82) is 0 Å². The van der Waals surface area contributed by atoms with E-state index < -0.39 is 0 Å². The largest absolute Gasteiger partial charge is 0.497 e. The maximum atomic E-state index is 11.7. The highest BCUT2D eigenvalue weighted by atomic mass is 16.5. The molecule has 5 heteroatoms. The molecule has 0 aliphatic heterocycles. The predicted octanol–water partition coefficient (Wildman–Crippen LogP) is 1.54. The fraction of sp³-hybridized carbons (Fsp3) is 0.471. The van der Waals surface area contributed by atoms with Crippen molar-refractivity contribution in [3.63, 3.8) is 0 Å². The molecule has 0 fully saturated rings. The Balaban J connectivity index is 2.11. The summed E-state index contributed by atoms with van der Waals surface area (Å²) in [5.41, 5.74) is 6.39. The topological polar surface area (TPSA) is 76.4 Å². The third-order valence-electron chi connectivity index (χ3n) is 3.18. The smallest absolute Gasteiger partial charge is 0.243 e. The average molecular weight is 305 g/mol. The van der Waals surface area contributed by atoms with Gasteiger partial charge in [-0.1, -0.05) is 12.1 Å². The Kier molecular flexibility index (Phi) is 9.74. The fourth-order valence-electron chi connectivity index (χ4n) is 1.89. The van der Waals surface area contributed by atoms with E-state index in [-0.39, 0.29) is 5.91 Å². The zero-order valence-electron chi connectivity index (χ0n) is 13.3. The van der Waals surface area contributed by atoms with Crippen molar-refractivity contribution < 1.29 is 9.53 Å². The minimum Gasteiger partial charge on any atom is -0.497 e. The molecule has 5 nitrogen and oxygen atoms in total. The Morgan fingerprint density at radius 1 is 1.14 bits per heavy atom. The van der Waals surface area contributed by atoms with Gasteiger partial charge in [0.05, 0.1) is 7.11 Å². The quantitative estimate of drug-likeness (QED) is 0.428. The van der Waals surface area contributed by atoms with Crippen LogP contribution in [0.15, 0.2) is 30.3 Å². The Morgan fingerprint density at radius 2 is 1.86 bits per heavy atom. The minimum absolute atomic E-state index is 0.0704. The van der Waals surface area contributed by atoms with Gasteiger partial charge in [0.1, 0.15) is 5.75 Å². The molecule has 0 aliphatic rings. The molecular weight excluding hydrogens is 278 g/mol. The van der Waals surface area contributed by atoms with Crippen LogP contribution in [0.1, 0.15) is 24.8 Å². The number of amides is 1. The highest BCUT2D eigenvalue weighted by Gasteiger charge is 1.96. The van der Waals surface area contributed by atoms with Crippen LogP contribution in [0.4, 0.5) is 0 Å². The zero-order valence-corrected chi connectivity index (χ0v) is 13.3. The summed E-state index contributed by atoms with van der Waals surface area (Å²) in [6.07, 6.45) is 6.43. The van der Waals surface area contributed by atoms with Gasteiger partial charge in [-0.25, -0.2) is 0 Å². The van der Waals surface area contributed by atoms with Crippen LogP contribution in [-0.2, 0) is 4.79 Å². The first kappa shape index (κ1) is 18.2. The standard InChI is InChI=1S/C17H27N3O2/c1-22-16-8-5-15(6-9-16)7-10-17(21)20-14-4-13-19-12-3-2-11-18/h5-10,19H,2-4,11-14,18H2,1H3,(H,20,21)/b10-7+. The van der Waals surface area contributed by atoms with Crippen LogP contribution in [0.3, 0.4) is 0 Å². The Hall–Kier alpha value is -1.85. The van der Waals surface area contributed by atoms with Crippen molar-refractivity contribution in [3.8, 4) is 5.75 Å². The SMILES string of the molecule is COc1ccc(/C=C/C(=O)NCCCNCCCCN)cc1. The van der Waals surface area contributed by atoms with E-state index in [0.717, 1.165) is 50.2 Å². The maximum Gasteiger partial charge on any atom is 0.243 e. The highest BCUT2D eigenvalue weighted by molar-refractivity contribution is 5.91. The number of unbranched alkanes of at least 4 members (excludes halogenated alkanes) is 1. The number of hydrogen-bond acceptors (Lipinski definition) is 4. The van der Waals surface area contributed by atoms with Gasteiger partial charge in [-0.15, -0.1) is 0 Å². The van der Waals surface area contributed by atoms with Gasteiger partial charge >= 0.3 is 0 Å². The second kappa shape index (κ2) is 11.8. The molecule has 0 spiro atoms. The number of methoxy groups -OCH3 is 1. The molecule has 0 aliphatic carbocycles. The van der Waals surface area contributed by atoms with Crippen molar-refractivity contribution in [1.82, 2.24) is 10.6 Å². The van der Waals surface area contributed by atoms with Gasteiger partial charge in [0.15, 0.2) is 0 Å². The van der Waals surface area contributed by atoms with Crippen molar-refractivity contribution in [2.75, 3.05) is 33.3 Å². The summed E-state index contributed by atoms with van der Waals surface area (Å²) in [5, 5.41) is 6.19. The van der Waals surface area contributed by atoms with E-state index in [0.29, 0.717) is 6.54 Å². The molecule has 0 aromatic heterocycles. The third-order valence-corrected chi connectivity index (χ3v) is 3.18. The van der Waals surface area contributed by atoms with Crippen LogP contribution >= 0.6 is 0 Å². The van der Waals surface area contributed by atoms with Crippen molar-refractivity contribution in [3.05, 3.63) is 35.9 Å². The van der Waals surface area contributed by atoms with Gasteiger partial charge in [0.25, 0.3) is 0 Å². The predicted molar refractivity (Wildman–Crippen MR) is 90.8 cm³/mol. The molecule has 0 heterocycles. The molecule has 122 valence electrons. The molecule has 0 saturated carbocycles. The van der Waals surface area contributed by atoms with Crippen molar-refractivity contribution in [2.24, 2.45) is 5.73 Å². The lowest BCUT2D eigenvalue weighted by Gasteiger charge is -2.04. The summed E-state index contributed by atoms with van der Waals surface area (Å²) in [4.78, 5) is 11.7. The number of rotatable bonds is 11. The van der Waals surface area contributed by atoms with Gasteiger partial charge in [-0.3, -0.25) is 4.79 Å². The molecule has 0 saturated heterocycles. The summed E-state index contributed by atoms with van der Waals surface area (Å²) in [6, 6.07) is 7.56. The van der Waals surface area contributed by atoms with Crippen LogP contribution < -0.4 is 21.1 Å². The molecule has 1 rings (SSSR count). The van der Waals surface area contributed by atoms with E-state index in [2.05, 4.69) is 10.6 Å². The molecule has 0 bridgehead atoms. The van der Waals surface area contributed by atoms with Crippen LogP contribution in [0.2, 0.25) is 0 Å². The van der Waals surface area contributed by atoms with Crippen LogP contribution in [0.25, 0.3) is 6.08 Å². The Labute approximate surface area is 132 Å². The third kappa shape index (κ3) is 8.44. The molecular formula is C17H27N3O2.